The fourth-order valence-electron chi connectivity index (χ4n) is 3.29. The third-order valence-corrected chi connectivity index (χ3v) is 4.89. The standard InChI is InChI=1S/C18H29NO6/c1-12(2)11-24-17(22)14-8-4-5-9-19(14)16(21)15(20)18(23)13(3)7-6-10-25-18/h12-14,23H,4-11H2,1-3H3/t13-,14?,18-/m1/s1. The van der Waals surface area contributed by atoms with Crippen molar-refractivity contribution in [3.05, 3.63) is 0 Å². The summed E-state index contributed by atoms with van der Waals surface area (Å²) < 4.78 is 10.5. The number of piperidine rings is 1. The van der Waals surface area contributed by atoms with Crippen molar-refractivity contribution in [3.8, 4) is 0 Å². The van der Waals surface area contributed by atoms with Crippen LogP contribution < -0.4 is 0 Å². The lowest BCUT2D eigenvalue weighted by Crippen LogP contribution is -2.59. The minimum absolute atomic E-state index is 0.190. The molecule has 2 aliphatic rings. The van der Waals surface area contributed by atoms with E-state index < -0.39 is 35.4 Å². The largest absolute Gasteiger partial charge is 0.464 e. The summed E-state index contributed by atoms with van der Waals surface area (Å²) in [4.78, 5) is 39.0. The van der Waals surface area contributed by atoms with Crippen LogP contribution >= 0.6 is 0 Å². The third kappa shape index (κ3) is 4.39. The third-order valence-electron chi connectivity index (χ3n) is 4.89. The first-order valence-corrected chi connectivity index (χ1v) is 9.15. The van der Waals surface area contributed by atoms with Crippen molar-refractivity contribution < 1.29 is 29.0 Å². The zero-order valence-electron chi connectivity index (χ0n) is 15.3. The molecule has 7 nitrogen and oxygen atoms in total. The van der Waals surface area contributed by atoms with Crippen molar-refractivity contribution in [2.75, 3.05) is 19.8 Å². The molecule has 2 saturated heterocycles. The summed E-state index contributed by atoms with van der Waals surface area (Å²) in [6, 6.07) is -0.772. The zero-order valence-corrected chi connectivity index (χ0v) is 15.3. The van der Waals surface area contributed by atoms with Crippen molar-refractivity contribution in [1.29, 1.82) is 0 Å². The van der Waals surface area contributed by atoms with Crippen molar-refractivity contribution >= 4 is 17.7 Å². The number of hydrogen-bond acceptors (Lipinski definition) is 6. The van der Waals surface area contributed by atoms with Gasteiger partial charge in [0.15, 0.2) is 0 Å². The Bertz CT molecular complexity index is 520. The quantitative estimate of drug-likeness (QED) is 0.590. The highest BCUT2D eigenvalue weighted by atomic mass is 16.6. The van der Waals surface area contributed by atoms with Crippen molar-refractivity contribution in [2.24, 2.45) is 11.8 Å². The lowest BCUT2D eigenvalue weighted by molar-refractivity contribution is -0.240. The average molecular weight is 355 g/mol. The molecule has 0 bridgehead atoms. The van der Waals surface area contributed by atoms with E-state index in [1.54, 1.807) is 6.92 Å². The highest BCUT2D eigenvalue weighted by Gasteiger charge is 2.50. The summed E-state index contributed by atoms with van der Waals surface area (Å²) in [6.07, 6.45) is 3.30. The number of amides is 1. The van der Waals surface area contributed by atoms with Gasteiger partial charge in [0, 0.05) is 12.5 Å². The van der Waals surface area contributed by atoms with E-state index in [-0.39, 0.29) is 19.1 Å². The number of carbonyl (C=O) groups excluding carboxylic acids is 3. The number of esters is 1. The molecule has 2 heterocycles. The molecule has 142 valence electrons. The summed E-state index contributed by atoms with van der Waals surface area (Å²) in [7, 11) is 0. The minimum Gasteiger partial charge on any atom is -0.464 e. The molecule has 3 atom stereocenters. The van der Waals surface area contributed by atoms with Crippen LogP contribution in [0.4, 0.5) is 0 Å². The lowest BCUT2D eigenvalue weighted by Gasteiger charge is -2.39. The van der Waals surface area contributed by atoms with Crippen LogP contribution in [0.25, 0.3) is 0 Å². The van der Waals surface area contributed by atoms with Gasteiger partial charge in [-0.05, 0) is 38.0 Å². The van der Waals surface area contributed by atoms with Crippen LogP contribution in [0.1, 0.15) is 52.9 Å². The minimum atomic E-state index is -2.10. The molecule has 0 aromatic carbocycles. The van der Waals surface area contributed by atoms with E-state index in [2.05, 4.69) is 0 Å². The Morgan fingerprint density at radius 3 is 2.60 bits per heavy atom. The molecule has 0 saturated carbocycles. The van der Waals surface area contributed by atoms with E-state index in [1.165, 1.54) is 4.90 Å². The van der Waals surface area contributed by atoms with Crippen molar-refractivity contribution in [2.45, 2.75) is 64.7 Å². The van der Waals surface area contributed by atoms with Gasteiger partial charge in [-0.25, -0.2) is 4.79 Å². The number of likely N-dealkylation sites (tertiary alicyclic amines) is 1. The molecule has 0 aromatic rings. The Balaban J connectivity index is 2.11. The maximum atomic E-state index is 12.7. The molecule has 0 aliphatic carbocycles. The van der Waals surface area contributed by atoms with Crippen LogP contribution in [0.3, 0.4) is 0 Å². The van der Waals surface area contributed by atoms with Gasteiger partial charge < -0.3 is 19.5 Å². The molecule has 2 aliphatic heterocycles. The molecule has 25 heavy (non-hydrogen) atoms. The van der Waals surface area contributed by atoms with E-state index >= 15 is 0 Å². The number of ether oxygens (including phenoxy) is 2. The summed E-state index contributed by atoms with van der Waals surface area (Å²) in [5.41, 5.74) is 0. The van der Waals surface area contributed by atoms with E-state index in [0.717, 1.165) is 12.8 Å². The molecule has 1 N–H and O–H groups in total. The van der Waals surface area contributed by atoms with E-state index in [0.29, 0.717) is 25.8 Å². The SMILES string of the molecule is CC(C)COC(=O)C1CCCCN1C(=O)C(=O)[C@]1(O)OCCC[C@H]1C. The number of rotatable bonds is 5. The van der Waals surface area contributed by atoms with Gasteiger partial charge in [-0.3, -0.25) is 9.59 Å². The number of ketones is 1. The molecular weight excluding hydrogens is 326 g/mol. The number of hydrogen-bond donors (Lipinski definition) is 1. The Morgan fingerprint density at radius 2 is 1.96 bits per heavy atom. The predicted octanol–water partition coefficient (Wildman–Crippen LogP) is 1.27. The Hall–Kier alpha value is -1.47. The smallest absolute Gasteiger partial charge is 0.328 e. The van der Waals surface area contributed by atoms with Crippen LogP contribution in [0.2, 0.25) is 0 Å². The van der Waals surface area contributed by atoms with Gasteiger partial charge in [-0.1, -0.05) is 20.8 Å². The van der Waals surface area contributed by atoms with Gasteiger partial charge in [0.05, 0.1) is 13.2 Å². The normalized spacial score (nSPS) is 30.2. The monoisotopic (exact) mass is 355 g/mol. The fraction of sp³-hybridized carbons (Fsp3) is 0.833. The summed E-state index contributed by atoms with van der Waals surface area (Å²) >= 11 is 0. The molecule has 0 radical (unpaired) electrons. The van der Waals surface area contributed by atoms with Gasteiger partial charge in [0.2, 0.25) is 5.79 Å². The average Bonchev–Trinajstić information content (AvgIpc) is 2.61. The first kappa shape index (κ1) is 19.8. The second-order valence-corrected chi connectivity index (χ2v) is 7.45. The molecule has 0 aromatic heterocycles. The molecule has 2 fully saturated rings. The van der Waals surface area contributed by atoms with E-state index in [9.17, 15) is 19.5 Å². The fourth-order valence-corrected chi connectivity index (χ4v) is 3.29. The van der Waals surface area contributed by atoms with Gasteiger partial charge in [0.25, 0.3) is 11.7 Å². The maximum Gasteiger partial charge on any atom is 0.328 e. The molecule has 1 unspecified atom stereocenters. The number of nitrogens with zero attached hydrogens (tertiary/aromatic N) is 1. The number of aliphatic hydroxyl groups is 1. The van der Waals surface area contributed by atoms with Gasteiger partial charge in [0.1, 0.15) is 6.04 Å². The molecule has 1 amide bonds. The zero-order chi connectivity index (χ0) is 18.6. The highest BCUT2D eigenvalue weighted by molar-refractivity contribution is 6.39. The van der Waals surface area contributed by atoms with Crippen molar-refractivity contribution in [1.82, 2.24) is 4.90 Å². The Labute approximate surface area is 148 Å². The van der Waals surface area contributed by atoms with Gasteiger partial charge >= 0.3 is 5.97 Å². The Kier molecular flexibility index (Phi) is 6.57. The van der Waals surface area contributed by atoms with Gasteiger partial charge in [-0.2, -0.15) is 0 Å². The Morgan fingerprint density at radius 1 is 1.24 bits per heavy atom. The summed E-state index contributed by atoms with van der Waals surface area (Å²) in [5.74, 6) is -4.70. The number of Topliss-reactive ketones (excluding diaryl/α,β-unsaturated/α-hetero) is 1. The van der Waals surface area contributed by atoms with Crippen LogP contribution in [0.5, 0.6) is 0 Å². The van der Waals surface area contributed by atoms with E-state index in [4.69, 9.17) is 9.47 Å². The topological polar surface area (TPSA) is 93.1 Å². The second kappa shape index (κ2) is 8.27. The van der Waals surface area contributed by atoms with Crippen molar-refractivity contribution in [3.63, 3.8) is 0 Å². The highest BCUT2D eigenvalue weighted by Crippen LogP contribution is 2.31. The van der Waals surface area contributed by atoms with Crippen LogP contribution in [0, 0.1) is 11.8 Å². The first-order valence-electron chi connectivity index (χ1n) is 9.15. The molecule has 2 rings (SSSR count). The van der Waals surface area contributed by atoms with Crippen LogP contribution in [0.15, 0.2) is 0 Å². The van der Waals surface area contributed by atoms with Crippen LogP contribution in [-0.2, 0) is 23.9 Å². The predicted molar refractivity (Wildman–Crippen MR) is 89.5 cm³/mol. The van der Waals surface area contributed by atoms with E-state index in [1.807, 2.05) is 13.8 Å². The molecular formula is C18H29NO6. The molecule has 7 heteroatoms. The summed E-state index contributed by atoms with van der Waals surface area (Å²) in [6.45, 7) is 6.36. The van der Waals surface area contributed by atoms with Crippen LogP contribution in [-0.4, -0.2) is 59.3 Å². The number of carbonyl (C=O) groups is 3. The first-order chi connectivity index (χ1) is 11.8. The summed E-state index contributed by atoms with van der Waals surface area (Å²) in [5, 5.41) is 10.6. The van der Waals surface area contributed by atoms with Gasteiger partial charge in [-0.15, -0.1) is 0 Å². The lowest BCUT2D eigenvalue weighted by atomic mass is 9.88. The second-order valence-electron chi connectivity index (χ2n) is 7.45. The molecule has 0 spiro atoms. The maximum absolute atomic E-state index is 12.7.